The zero-order chi connectivity index (χ0) is 31.0. The van der Waals surface area contributed by atoms with Crippen molar-refractivity contribution in [3.8, 4) is 6.07 Å². The SMILES string of the molecule is CC(C)(C)OC(=O)C1CCC(CC#N)CO1.CN(C)C(=O)c1ccc2cc(N=C(N)c3c(N)cc[nH]c3=O)ccc2n1. The van der Waals surface area contributed by atoms with Crippen molar-refractivity contribution < 1.29 is 19.1 Å². The third kappa shape index (κ3) is 8.62. The van der Waals surface area contributed by atoms with Crippen molar-refractivity contribution in [2.45, 2.75) is 51.7 Å². The lowest BCUT2D eigenvalue weighted by Crippen LogP contribution is -2.37. The van der Waals surface area contributed by atoms with Crippen LogP contribution in [0.2, 0.25) is 0 Å². The monoisotopic (exact) mass is 575 g/mol. The van der Waals surface area contributed by atoms with Crippen LogP contribution in [0.5, 0.6) is 0 Å². The second-order valence-electron chi connectivity index (χ2n) is 11.1. The number of nitrogen functional groups attached to an aromatic ring is 1. The fourth-order valence-corrected chi connectivity index (χ4v) is 4.13. The van der Waals surface area contributed by atoms with Crippen LogP contribution in [0.4, 0.5) is 11.4 Å². The predicted octanol–water partition coefficient (Wildman–Crippen LogP) is 3.28. The lowest BCUT2D eigenvalue weighted by molar-refractivity contribution is -0.173. The van der Waals surface area contributed by atoms with E-state index in [1.165, 1.54) is 11.1 Å². The number of aromatic nitrogens is 2. The Morgan fingerprint density at radius 1 is 1.21 bits per heavy atom. The molecule has 12 heteroatoms. The molecule has 2 unspecified atom stereocenters. The van der Waals surface area contributed by atoms with E-state index in [4.69, 9.17) is 26.2 Å². The Labute approximate surface area is 244 Å². The number of aliphatic imine (C=N–C) groups is 1. The van der Waals surface area contributed by atoms with E-state index in [1.54, 1.807) is 50.5 Å². The third-order valence-corrected chi connectivity index (χ3v) is 6.22. The van der Waals surface area contributed by atoms with Crippen LogP contribution in [0, 0.1) is 17.2 Å². The van der Waals surface area contributed by atoms with Gasteiger partial charge in [-0.3, -0.25) is 9.59 Å². The normalized spacial score (nSPS) is 17.0. The number of nitriles is 1. The van der Waals surface area contributed by atoms with Gasteiger partial charge in [0.2, 0.25) is 0 Å². The van der Waals surface area contributed by atoms with Gasteiger partial charge in [0.15, 0.2) is 6.10 Å². The highest BCUT2D eigenvalue weighted by Crippen LogP contribution is 2.24. The van der Waals surface area contributed by atoms with E-state index >= 15 is 0 Å². The summed E-state index contributed by atoms with van der Waals surface area (Å²) in [4.78, 5) is 48.2. The van der Waals surface area contributed by atoms with Crippen molar-refractivity contribution in [2.75, 3.05) is 26.4 Å². The standard InChI is InChI=1S/C18H18N6O2.C12H19NO3/c1-24(2)18(26)14-5-3-10-9-11(4-6-13(10)23-14)22-16(20)15-12(19)7-8-21-17(15)25;1-12(2,3)16-11(14)10-5-4-9(6-7-13)8-15-10/h3-9H,1-2H3,(H2,20,22)(H3,19,21,25);9-10H,4-6,8H2,1-3H3. The first-order chi connectivity index (χ1) is 19.8. The Hall–Kier alpha value is -4.76. The van der Waals surface area contributed by atoms with Crippen LogP contribution in [0.25, 0.3) is 10.9 Å². The summed E-state index contributed by atoms with van der Waals surface area (Å²) in [7, 11) is 3.34. The molecule has 1 saturated heterocycles. The number of pyridine rings is 2. The Balaban J connectivity index is 0.000000260. The zero-order valence-electron chi connectivity index (χ0n) is 24.5. The van der Waals surface area contributed by atoms with Gasteiger partial charge in [0.25, 0.3) is 11.5 Å². The number of nitrogens with two attached hydrogens (primary N) is 2. The molecule has 42 heavy (non-hydrogen) atoms. The number of benzene rings is 1. The summed E-state index contributed by atoms with van der Waals surface area (Å²) in [5, 5.41) is 9.34. The molecule has 4 rings (SSSR count). The summed E-state index contributed by atoms with van der Waals surface area (Å²) >= 11 is 0. The van der Waals surface area contributed by atoms with E-state index in [1.807, 2.05) is 20.8 Å². The molecule has 5 N–H and O–H groups in total. The van der Waals surface area contributed by atoms with Crippen LogP contribution in [0.15, 0.2) is 52.4 Å². The molecule has 3 aromatic rings. The van der Waals surface area contributed by atoms with E-state index in [2.05, 4.69) is 21.0 Å². The molecular weight excluding hydrogens is 538 g/mol. The first kappa shape index (κ1) is 31.8. The average Bonchev–Trinajstić information content (AvgIpc) is 2.92. The maximum absolute atomic E-state index is 12.0. The number of hydrogen-bond acceptors (Lipinski definition) is 9. The van der Waals surface area contributed by atoms with Crippen molar-refractivity contribution in [2.24, 2.45) is 16.6 Å². The minimum absolute atomic E-state index is 0.0241. The van der Waals surface area contributed by atoms with Crippen LogP contribution in [0.1, 0.15) is 56.1 Å². The van der Waals surface area contributed by atoms with Gasteiger partial charge in [0.05, 0.1) is 23.9 Å². The maximum Gasteiger partial charge on any atom is 0.335 e. The van der Waals surface area contributed by atoms with Crippen LogP contribution in [0.3, 0.4) is 0 Å². The van der Waals surface area contributed by atoms with Gasteiger partial charge in [-0.15, -0.1) is 0 Å². The van der Waals surface area contributed by atoms with Crippen LogP contribution < -0.4 is 17.0 Å². The lowest BCUT2D eigenvalue weighted by atomic mass is 9.96. The summed E-state index contributed by atoms with van der Waals surface area (Å²) in [6.07, 6.45) is 3.01. The van der Waals surface area contributed by atoms with E-state index in [0.717, 1.165) is 11.8 Å². The number of amidine groups is 1. The summed E-state index contributed by atoms with van der Waals surface area (Å²) in [5.74, 6) is -0.167. The number of nitrogens with one attached hydrogen (secondary N) is 1. The summed E-state index contributed by atoms with van der Waals surface area (Å²) in [6.45, 7) is 6.00. The molecule has 3 heterocycles. The molecule has 1 amide bonds. The van der Waals surface area contributed by atoms with Gasteiger partial charge in [-0.1, -0.05) is 6.07 Å². The smallest absolute Gasteiger partial charge is 0.335 e. The van der Waals surface area contributed by atoms with Gasteiger partial charge in [0, 0.05) is 37.8 Å². The van der Waals surface area contributed by atoms with Crippen molar-refractivity contribution in [3.63, 3.8) is 0 Å². The van der Waals surface area contributed by atoms with Crippen molar-refractivity contribution in [1.29, 1.82) is 5.26 Å². The molecule has 1 fully saturated rings. The number of aromatic amines is 1. The van der Waals surface area contributed by atoms with Crippen molar-refractivity contribution in [1.82, 2.24) is 14.9 Å². The second kappa shape index (κ2) is 13.7. The number of ether oxygens (including phenoxy) is 2. The van der Waals surface area contributed by atoms with E-state index in [0.29, 0.717) is 36.3 Å². The number of fused-ring (bicyclic) bond motifs is 1. The van der Waals surface area contributed by atoms with Gasteiger partial charge in [-0.25, -0.2) is 14.8 Å². The quantitative estimate of drug-likeness (QED) is 0.233. The third-order valence-electron chi connectivity index (χ3n) is 6.22. The molecule has 0 spiro atoms. The molecular formula is C30H37N7O5. The van der Waals surface area contributed by atoms with Crippen LogP contribution in [-0.2, 0) is 14.3 Å². The molecule has 0 saturated carbocycles. The average molecular weight is 576 g/mol. The number of esters is 1. The molecule has 1 aliphatic rings. The second-order valence-corrected chi connectivity index (χ2v) is 11.1. The summed E-state index contributed by atoms with van der Waals surface area (Å²) < 4.78 is 10.7. The molecule has 0 aliphatic carbocycles. The highest BCUT2D eigenvalue weighted by molar-refractivity contribution is 6.03. The minimum Gasteiger partial charge on any atom is -0.458 e. The van der Waals surface area contributed by atoms with Gasteiger partial charge in [0.1, 0.15) is 22.7 Å². The molecule has 2 atom stereocenters. The minimum atomic E-state index is -0.468. The molecule has 1 aromatic carbocycles. The highest BCUT2D eigenvalue weighted by Gasteiger charge is 2.30. The fourth-order valence-electron chi connectivity index (χ4n) is 4.13. The Bertz CT molecular complexity index is 1560. The zero-order valence-corrected chi connectivity index (χ0v) is 24.5. The molecule has 0 bridgehead atoms. The number of nitrogens with zero attached hydrogens (tertiary/aromatic N) is 4. The van der Waals surface area contributed by atoms with E-state index in [-0.39, 0.29) is 34.9 Å². The Morgan fingerprint density at radius 3 is 2.55 bits per heavy atom. The number of rotatable bonds is 5. The maximum atomic E-state index is 12.0. The van der Waals surface area contributed by atoms with Gasteiger partial charge >= 0.3 is 5.97 Å². The number of anilines is 1. The van der Waals surface area contributed by atoms with Crippen LogP contribution in [-0.4, -0.2) is 65.0 Å². The van der Waals surface area contributed by atoms with Crippen molar-refractivity contribution in [3.05, 3.63) is 64.2 Å². The van der Waals surface area contributed by atoms with E-state index in [9.17, 15) is 14.4 Å². The first-order valence-corrected chi connectivity index (χ1v) is 13.4. The fraction of sp³-hybridized carbons (Fsp3) is 0.400. The highest BCUT2D eigenvalue weighted by atomic mass is 16.6. The first-order valence-electron chi connectivity index (χ1n) is 13.4. The molecule has 12 nitrogen and oxygen atoms in total. The van der Waals surface area contributed by atoms with Gasteiger partial charge in [-0.2, -0.15) is 5.26 Å². The number of amides is 1. The Kier molecular flexibility index (Phi) is 10.4. The molecule has 0 radical (unpaired) electrons. The number of carbonyl (C=O) groups excluding carboxylic acids is 2. The lowest BCUT2D eigenvalue weighted by Gasteiger charge is -2.29. The summed E-state index contributed by atoms with van der Waals surface area (Å²) in [6, 6.07) is 12.3. The van der Waals surface area contributed by atoms with Crippen LogP contribution >= 0.6 is 0 Å². The Morgan fingerprint density at radius 2 is 1.95 bits per heavy atom. The number of H-pyrrole nitrogens is 1. The molecule has 1 aliphatic heterocycles. The van der Waals surface area contributed by atoms with Crippen molar-refractivity contribution >= 4 is 40.0 Å². The topological polar surface area (TPSA) is 190 Å². The number of carbonyl (C=O) groups is 2. The van der Waals surface area contributed by atoms with E-state index < -0.39 is 17.3 Å². The predicted molar refractivity (Wildman–Crippen MR) is 160 cm³/mol. The van der Waals surface area contributed by atoms with Gasteiger partial charge < -0.3 is 30.8 Å². The molecule has 2 aromatic heterocycles. The largest absolute Gasteiger partial charge is 0.458 e. The molecule has 222 valence electrons. The number of hydrogen-bond donors (Lipinski definition) is 3. The summed E-state index contributed by atoms with van der Waals surface area (Å²) in [5.41, 5.74) is 12.9. The van der Waals surface area contributed by atoms with Gasteiger partial charge in [-0.05, 0) is 69.9 Å².